The van der Waals surface area contributed by atoms with Crippen molar-refractivity contribution in [3.8, 4) is 0 Å². The topological polar surface area (TPSA) is 108 Å². The number of phosphoric ester groups is 1. The van der Waals surface area contributed by atoms with E-state index in [9.17, 15) is 19.0 Å². The summed E-state index contributed by atoms with van der Waals surface area (Å²) < 4.78 is 34.4. The molecule has 0 saturated heterocycles. The first-order chi connectivity index (χ1) is 31.5. The SMILES string of the molecule is CC/C=C\C/C=C\C/C=C\C/C=C\CCCCCCCCCCCCCCCCCCC(=O)OC(COC(=O)CCCCCCCCCCCCCC)COP(=O)(O)OCC[N+](C)(C)C. The quantitative estimate of drug-likeness (QED) is 0.0211. The van der Waals surface area contributed by atoms with Gasteiger partial charge in [-0.1, -0.05) is 223 Å². The maximum atomic E-state index is 12.8. The number of quaternary nitrogens is 1. The predicted octanol–water partition coefficient (Wildman–Crippen LogP) is 16.2. The van der Waals surface area contributed by atoms with Crippen LogP contribution in [0.5, 0.6) is 0 Å². The summed E-state index contributed by atoms with van der Waals surface area (Å²) in [5.74, 6) is -0.789. The Labute approximate surface area is 401 Å². The first-order valence-corrected chi connectivity index (χ1v) is 28.4. The van der Waals surface area contributed by atoms with Crippen LogP contribution >= 0.6 is 7.82 Å². The number of carbonyl (C=O) groups is 2. The van der Waals surface area contributed by atoms with E-state index < -0.39 is 26.5 Å². The fraction of sp³-hybridized carbons (Fsp3) is 0.818. The smallest absolute Gasteiger partial charge is 0.462 e. The number of phosphoric acid groups is 1. The Morgan fingerprint density at radius 1 is 0.492 bits per heavy atom. The predicted molar refractivity (Wildman–Crippen MR) is 275 cm³/mol. The van der Waals surface area contributed by atoms with E-state index in [-0.39, 0.29) is 25.6 Å². The zero-order valence-corrected chi connectivity index (χ0v) is 43.9. The summed E-state index contributed by atoms with van der Waals surface area (Å²) in [5.41, 5.74) is 0. The maximum Gasteiger partial charge on any atom is 0.472 e. The Morgan fingerprint density at radius 2 is 0.877 bits per heavy atom. The van der Waals surface area contributed by atoms with E-state index in [1.54, 1.807) is 0 Å². The van der Waals surface area contributed by atoms with Crippen molar-refractivity contribution in [2.75, 3.05) is 47.5 Å². The van der Waals surface area contributed by atoms with Crippen molar-refractivity contribution < 1.29 is 42.1 Å². The van der Waals surface area contributed by atoms with E-state index in [1.165, 1.54) is 148 Å². The van der Waals surface area contributed by atoms with Crippen LogP contribution in [-0.4, -0.2) is 74.9 Å². The molecule has 0 fully saturated rings. The number of ether oxygens (including phenoxy) is 2. The first-order valence-electron chi connectivity index (χ1n) is 26.9. The van der Waals surface area contributed by atoms with Gasteiger partial charge in [-0.3, -0.25) is 18.6 Å². The summed E-state index contributed by atoms with van der Waals surface area (Å²) in [6, 6.07) is 0. The van der Waals surface area contributed by atoms with Gasteiger partial charge in [0.2, 0.25) is 0 Å². The fourth-order valence-corrected chi connectivity index (χ4v) is 8.22. The normalized spacial score (nSPS) is 13.8. The average molecular weight is 937 g/mol. The van der Waals surface area contributed by atoms with E-state index in [0.717, 1.165) is 57.8 Å². The average Bonchev–Trinajstić information content (AvgIpc) is 3.26. The second-order valence-electron chi connectivity index (χ2n) is 19.2. The van der Waals surface area contributed by atoms with Crippen LogP contribution in [0.4, 0.5) is 0 Å². The highest BCUT2D eigenvalue weighted by molar-refractivity contribution is 7.47. The minimum atomic E-state index is -4.38. The molecule has 10 heteroatoms. The molecular weight excluding hydrogens is 834 g/mol. The second-order valence-corrected chi connectivity index (χ2v) is 20.7. The highest BCUT2D eigenvalue weighted by Gasteiger charge is 2.27. The van der Waals surface area contributed by atoms with Crippen LogP contribution in [0.3, 0.4) is 0 Å². The molecule has 0 aliphatic heterocycles. The number of allylic oxidation sites excluding steroid dienone is 8. The van der Waals surface area contributed by atoms with Gasteiger partial charge >= 0.3 is 19.8 Å². The molecule has 0 aromatic heterocycles. The molecule has 0 aromatic rings. The van der Waals surface area contributed by atoms with Gasteiger partial charge in [0, 0.05) is 12.8 Å². The minimum absolute atomic E-state index is 0.0331. The zero-order chi connectivity index (χ0) is 47.8. The van der Waals surface area contributed by atoms with Crippen LogP contribution in [0.25, 0.3) is 0 Å². The number of hydrogen-bond acceptors (Lipinski definition) is 7. The van der Waals surface area contributed by atoms with Gasteiger partial charge < -0.3 is 18.9 Å². The molecule has 380 valence electrons. The summed E-state index contributed by atoms with van der Waals surface area (Å²) in [5, 5.41) is 0. The second kappa shape index (κ2) is 47.1. The van der Waals surface area contributed by atoms with E-state index in [1.807, 2.05) is 21.1 Å². The van der Waals surface area contributed by atoms with Crippen LogP contribution < -0.4 is 0 Å². The van der Waals surface area contributed by atoms with Gasteiger partial charge in [-0.25, -0.2) is 4.57 Å². The third-order valence-electron chi connectivity index (χ3n) is 11.6. The molecule has 0 rings (SSSR count). The van der Waals surface area contributed by atoms with Crippen molar-refractivity contribution in [2.24, 2.45) is 0 Å². The summed E-state index contributed by atoms with van der Waals surface area (Å²) in [6.07, 6.45) is 57.5. The van der Waals surface area contributed by atoms with Gasteiger partial charge in [0.05, 0.1) is 27.7 Å². The van der Waals surface area contributed by atoms with Gasteiger partial charge in [0.25, 0.3) is 0 Å². The van der Waals surface area contributed by atoms with Gasteiger partial charge in [-0.05, 0) is 51.4 Å². The molecule has 2 atom stereocenters. The number of unbranched alkanes of at least 4 members (excludes halogenated alkanes) is 27. The van der Waals surface area contributed by atoms with Crippen LogP contribution in [0.1, 0.15) is 239 Å². The van der Waals surface area contributed by atoms with E-state index in [0.29, 0.717) is 23.9 Å². The number of rotatable bonds is 49. The lowest BCUT2D eigenvalue weighted by molar-refractivity contribution is -0.870. The van der Waals surface area contributed by atoms with Crippen LogP contribution in [0.15, 0.2) is 48.6 Å². The van der Waals surface area contributed by atoms with E-state index >= 15 is 0 Å². The molecule has 65 heavy (non-hydrogen) atoms. The molecule has 0 aromatic carbocycles. The third kappa shape index (κ3) is 51.2. The maximum absolute atomic E-state index is 12.8. The standard InChI is InChI=1S/C55H102NO8P/c1-6-8-10-12-14-16-18-20-21-22-23-24-25-26-27-28-29-30-31-32-33-34-35-36-38-40-42-44-46-48-55(58)64-53(52-63-65(59,60)62-50-49-56(3,4)5)51-61-54(57)47-45-43-41-39-37-19-17-15-13-11-9-7-2/h8,10,14,16,20-21,23-24,53H,6-7,9,11-13,15,17-19,22,25-52H2,1-5H3/p+1/b10-8-,16-14-,21-20-,24-23-. The van der Waals surface area contributed by atoms with Crippen LogP contribution in [0, 0.1) is 0 Å². The lowest BCUT2D eigenvalue weighted by Gasteiger charge is -2.24. The zero-order valence-electron chi connectivity index (χ0n) is 43.0. The lowest BCUT2D eigenvalue weighted by Crippen LogP contribution is -2.37. The molecule has 0 heterocycles. The van der Waals surface area contributed by atoms with Crippen molar-refractivity contribution in [2.45, 2.75) is 245 Å². The Hall–Kier alpha value is -2.03. The molecule has 0 spiro atoms. The highest BCUT2D eigenvalue weighted by atomic mass is 31.2. The van der Waals surface area contributed by atoms with Crippen LogP contribution in [-0.2, 0) is 32.7 Å². The summed E-state index contributed by atoms with van der Waals surface area (Å²) >= 11 is 0. The molecule has 9 nitrogen and oxygen atoms in total. The molecule has 0 amide bonds. The summed E-state index contributed by atoms with van der Waals surface area (Å²) in [7, 11) is 1.48. The number of esters is 2. The van der Waals surface area contributed by atoms with Gasteiger partial charge in [-0.15, -0.1) is 0 Å². The van der Waals surface area contributed by atoms with Crippen LogP contribution in [0.2, 0.25) is 0 Å². The Balaban J connectivity index is 4.08. The molecule has 0 bridgehead atoms. The lowest BCUT2D eigenvalue weighted by atomic mass is 10.0. The van der Waals surface area contributed by atoms with Gasteiger partial charge in [0.1, 0.15) is 19.8 Å². The number of nitrogens with zero attached hydrogens (tertiary/aromatic N) is 1. The van der Waals surface area contributed by atoms with Crippen molar-refractivity contribution in [3.63, 3.8) is 0 Å². The molecule has 0 aliphatic rings. The van der Waals surface area contributed by atoms with E-state index in [2.05, 4.69) is 62.5 Å². The van der Waals surface area contributed by atoms with Gasteiger partial charge in [-0.2, -0.15) is 0 Å². The number of likely N-dealkylation sites (N-methyl/N-ethyl adjacent to an activating group) is 1. The van der Waals surface area contributed by atoms with Crippen molar-refractivity contribution in [1.82, 2.24) is 0 Å². The Bertz CT molecular complexity index is 1240. The minimum Gasteiger partial charge on any atom is -0.462 e. The molecule has 0 saturated carbocycles. The van der Waals surface area contributed by atoms with E-state index in [4.69, 9.17) is 18.5 Å². The largest absolute Gasteiger partial charge is 0.472 e. The third-order valence-corrected chi connectivity index (χ3v) is 12.6. The first kappa shape index (κ1) is 63.0. The summed E-state index contributed by atoms with van der Waals surface area (Å²) in [6.45, 7) is 4.33. The van der Waals surface area contributed by atoms with Gasteiger partial charge in [0.15, 0.2) is 6.10 Å². The molecule has 0 radical (unpaired) electrons. The van der Waals surface area contributed by atoms with Crippen molar-refractivity contribution in [1.29, 1.82) is 0 Å². The highest BCUT2D eigenvalue weighted by Crippen LogP contribution is 2.43. The van der Waals surface area contributed by atoms with Crippen molar-refractivity contribution >= 4 is 19.8 Å². The summed E-state index contributed by atoms with van der Waals surface area (Å²) in [4.78, 5) is 35.5. The number of hydrogen-bond donors (Lipinski definition) is 1. The molecule has 1 N–H and O–H groups in total. The molecular formula is C55H103NO8P+. The van der Waals surface area contributed by atoms with Crippen molar-refractivity contribution in [3.05, 3.63) is 48.6 Å². The Morgan fingerprint density at radius 3 is 1.31 bits per heavy atom. The fourth-order valence-electron chi connectivity index (χ4n) is 7.48. The number of carbonyl (C=O) groups excluding carboxylic acids is 2. The molecule has 0 aliphatic carbocycles. The monoisotopic (exact) mass is 937 g/mol. The molecule has 2 unspecified atom stereocenters. The Kier molecular flexibility index (Phi) is 45.6.